The monoisotopic (exact) mass is 282 g/mol. The zero-order valence-electron chi connectivity index (χ0n) is 12.2. The second kappa shape index (κ2) is 10.7. The van der Waals surface area contributed by atoms with E-state index >= 15 is 0 Å². The van der Waals surface area contributed by atoms with Crippen LogP contribution >= 0.6 is 0 Å². The first-order valence-electron chi connectivity index (χ1n) is 7.25. The van der Waals surface area contributed by atoms with E-state index in [2.05, 4.69) is 0 Å². The Labute approximate surface area is 121 Å². The lowest BCUT2D eigenvalue weighted by atomic mass is 10.1. The zero-order valence-corrected chi connectivity index (χ0v) is 12.2. The Morgan fingerprint density at radius 3 is 2.10 bits per heavy atom. The number of unbranched alkanes of at least 4 members (excludes halogenated alkanes) is 2. The van der Waals surface area contributed by atoms with Crippen molar-refractivity contribution in [2.45, 2.75) is 44.3 Å². The Bertz CT molecular complexity index is 329. The van der Waals surface area contributed by atoms with Crippen LogP contribution in [-0.2, 0) is 4.74 Å². The first-order chi connectivity index (χ1) is 9.72. The molecule has 4 heteroatoms. The summed E-state index contributed by atoms with van der Waals surface area (Å²) in [5.41, 5.74) is 0. The fraction of sp³-hybridized carbons (Fsp3) is 0.625. The van der Waals surface area contributed by atoms with Crippen LogP contribution in [0.4, 0.5) is 0 Å². The van der Waals surface area contributed by atoms with E-state index in [4.69, 9.17) is 9.47 Å². The van der Waals surface area contributed by atoms with E-state index in [1.165, 1.54) is 0 Å². The molecule has 2 atom stereocenters. The lowest BCUT2D eigenvalue weighted by molar-refractivity contribution is 0.0570. The molecule has 0 amide bonds. The summed E-state index contributed by atoms with van der Waals surface area (Å²) < 4.78 is 10.4. The van der Waals surface area contributed by atoms with Crippen LogP contribution < -0.4 is 4.74 Å². The third kappa shape index (κ3) is 8.15. The number of rotatable bonds is 11. The summed E-state index contributed by atoms with van der Waals surface area (Å²) in [7, 11) is 1.59. The van der Waals surface area contributed by atoms with Crippen molar-refractivity contribution in [3.05, 3.63) is 30.3 Å². The second-order valence-electron chi connectivity index (χ2n) is 5.03. The highest BCUT2D eigenvalue weighted by molar-refractivity contribution is 5.20. The van der Waals surface area contributed by atoms with Crippen molar-refractivity contribution in [3.63, 3.8) is 0 Å². The van der Waals surface area contributed by atoms with Gasteiger partial charge in [-0.25, -0.2) is 0 Å². The Kier molecular flexibility index (Phi) is 9.04. The van der Waals surface area contributed by atoms with Crippen LogP contribution in [0.5, 0.6) is 5.75 Å². The van der Waals surface area contributed by atoms with Crippen molar-refractivity contribution in [2.75, 3.05) is 20.3 Å². The summed E-state index contributed by atoms with van der Waals surface area (Å²) in [4.78, 5) is 0. The number of aliphatic hydroxyl groups is 2. The Morgan fingerprint density at radius 1 is 0.900 bits per heavy atom. The van der Waals surface area contributed by atoms with Crippen LogP contribution in [0.25, 0.3) is 0 Å². The van der Waals surface area contributed by atoms with E-state index in [0.29, 0.717) is 13.2 Å². The van der Waals surface area contributed by atoms with Crippen molar-refractivity contribution in [2.24, 2.45) is 0 Å². The molecular weight excluding hydrogens is 256 g/mol. The number of benzene rings is 1. The van der Waals surface area contributed by atoms with Gasteiger partial charge in [0.15, 0.2) is 0 Å². The van der Waals surface area contributed by atoms with Gasteiger partial charge in [-0.2, -0.15) is 0 Å². The highest BCUT2D eigenvalue weighted by Crippen LogP contribution is 2.11. The van der Waals surface area contributed by atoms with E-state index in [1.807, 2.05) is 30.3 Å². The molecule has 1 aromatic rings. The van der Waals surface area contributed by atoms with Crippen LogP contribution in [0.3, 0.4) is 0 Å². The smallest absolute Gasteiger partial charge is 0.119 e. The van der Waals surface area contributed by atoms with Crippen LogP contribution in [0.1, 0.15) is 32.1 Å². The average molecular weight is 282 g/mol. The molecule has 0 radical (unpaired) electrons. The molecule has 2 N–H and O–H groups in total. The minimum Gasteiger partial charge on any atom is -0.491 e. The third-order valence-corrected chi connectivity index (χ3v) is 3.12. The number of hydrogen-bond donors (Lipinski definition) is 2. The van der Waals surface area contributed by atoms with E-state index < -0.39 is 6.10 Å². The van der Waals surface area contributed by atoms with Gasteiger partial charge in [0.05, 0.1) is 18.8 Å². The van der Waals surface area contributed by atoms with Gasteiger partial charge in [0.2, 0.25) is 0 Å². The van der Waals surface area contributed by atoms with Crippen molar-refractivity contribution < 1.29 is 19.7 Å². The van der Waals surface area contributed by atoms with E-state index in [-0.39, 0.29) is 6.10 Å². The first kappa shape index (κ1) is 17.0. The lowest BCUT2D eigenvalue weighted by Crippen LogP contribution is -2.17. The fourth-order valence-corrected chi connectivity index (χ4v) is 2.00. The van der Waals surface area contributed by atoms with Gasteiger partial charge in [-0.05, 0) is 25.0 Å². The standard InChI is InChI=1S/C16H26O4/c1-19-12-14(17)8-4-2-5-9-15(18)13-20-16-10-6-3-7-11-16/h3,6-7,10-11,14-15,17-18H,2,4-5,8-9,12-13H2,1H3. The van der Waals surface area contributed by atoms with Crippen LogP contribution in [0.15, 0.2) is 30.3 Å². The molecule has 20 heavy (non-hydrogen) atoms. The summed E-state index contributed by atoms with van der Waals surface area (Å²) in [6.45, 7) is 0.726. The predicted molar refractivity (Wildman–Crippen MR) is 78.9 cm³/mol. The van der Waals surface area contributed by atoms with Crippen molar-refractivity contribution >= 4 is 0 Å². The maximum atomic E-state index is 9.81. The average Bonchev–Trinajstić information content (AvgIpc) is 2.46. The molecular formula is C16H26O4. The molecule has 0 saturated heterocycles. The number of methoxy groups -OCH3 is 1. The molecule has 0 heterocycles. The topological polar surface area (TPSA) is 58.9 Å². The number of para-hydroxylation sites is 1. The number of hydrogen-bond acceptors (Lipinski definition) is 4. The molecule has 1 aromatic carbocycles. The lowest BCUT2D eigenvalue weighted by Gasteiger charge is -2.12. The van der Waals surface area contributed by atoms with Gasteiger partial charge in [0.1, 0.15) is 12.4 Å². The van der Waals surface area contributed by atoms with Gasteiger partial charge >= 0.3 is 0 Å². The highest BCUT2D eigenvalue weighted by atomic mass is 16.5. The molecule has 2 unspecified atom stereocenters. The maximum absolute atomic E-state index is 9.81. The molecule has 114 valence electrons. The SMILES string of the molecule is COCC(O)CCCCCC(O)COc1ccccc1. The molecule has 0 aliphatic rings. The molecule has 0 aromatic heterocycles. The molecule has 0 aliphatic carbocycles. The summed E-state index contributed by atoms with van der Waals surface area (Å²) in [6.07, 6.45) is 3.59. The van der Waals surface area contributed by atoms with Crippen molar-refractivity contribution in [1.82, 2.24) is 0 Å². The van der Waals surface area contributed by atoms with E-state index in [9.17, 15) is 10.2 Å². The number of ether oxygens (including phenoxy) is 2. The highest BCUT2D eigenvalue weighted by Gasteiger charge is 2.06. The molecule has 0 bridgehead atoms. The van der Waals surface area contributed by atoms with Gasteiger partial charge in [-0.15, -0.1) is 0 Å². The summed E-state index contributed by atoms with van der Waals surface area (Å²) >= 11 is 0. The Morgan fingerprint density at radius 2 is 1.50 bits per heavy atom. The zero-order chi connectivity index (χ0) is 14.6. The first-order valence-corrected chi connectivity index (χ1v) is 7.25. The van der Waals surface area contributed by atoms with Crippen LogP contribution in [0.2, 0.25) is 0 Å². The quantitative estimate of drug-likeness (QED) is 0.612. The van der Waals surface area contributed by atoms with Crippen molar-refractivity contribution in [1.29, 1.82) is 0 Å². The maximum Gasteiger partial charge on any atom is 0.119 e. The molecule has 0 saturated carbocycles. The van der Waals surface area contributed by atoms with Gasteiger partial charge in [0, 0.05) is 7.11 Å². The largest absolute Gasteiger partial charge is 0.491 e. The van der Waals surface area contributed by atoms with Crippen LogP contribution in [0, 0.1) is 0 Å². The van der Waals surface area contributed by atoms with E-state index in [1.54, 1.807) is 7.11 Å². The van der Waals surface area contributed by atoms with Gasteiger partial charge in [0.25, 0.3) is 0 Å². The molecule has 0 fully saturated rings. The minimum atomic E-state index is -0.431. The molecule has 0 aliphatic heterocycles. The minimum absolute atomic E-state index is 0.330. The van der Waals surface area contributed by atoms with Crippen LogP contribution in [-0.4, -0.2) is 42.7 Å². The normalized spacial score (nSPS) is 13.9. The second-order valence-corrected chi connectivity index (χ2v) is 5.03. The van der Waals surface area contributed by atoms with Gasteiger partial charge in [-0.1, -0.05) is 37.5 Å². The molecule has 0 spiro atoms. The van der Waals surface area contributed by atoms with Gasteiger partial charge in [-0.3, -0.25) is 0 Å². The summed E-state index contributed by atoms with van der Waals surface area (Å²) in [6, 6.07) is 9.51. The number of aliphatic hydroxyl groups excluding tert-OH is 2. The Balaban J connectivity index is 1.99. The third-order valence-electron chi connectivity index (χ3n) is 3.12. The predicted octanol–water partition coefficient (Wildman–Crippen LogP) is 2.38. The fourth-order valence-electron chi connectivity index (χ4n) is 2.00. The van der Waals surface area contributed by atoms with E-state index in [0.717, 1.165) is 37.9 Å². The van der Waals surface area contributed by atoms with Gasteiger partial charge < -0.3 is 19.7 Å². The summed E-state index contributed by atoms with van der Waals surface area (Å²) in [5.74, 6) is 0.786. The Hall–Kier alpha value is -1.10. The van der Waals surface area contributed by atoms with Crippen molar-refractivity contribution in [3.8, 4) is 5.75 Å². The molecule has 4 nitrogen and oxygen atoms in total. The summed E-state index contributed by atoms with van der Waals surface area (Å²) in [5, 5.41) is 19.3. The molecule has 1 rings (SSSR count).